The Labute approximate surface area is 209 Å². The van der Waals surface area contributed by atoms with E-state index >= 15 is 0 Å². The molecule has 0 aliphatic carbocycles. The van der Waals surface area contributed by atoms with Gasteiger partial charge >= 0.3 is 5.97 Å². The van der Waals surface area contributed by atoms with Gasteiger partial charge in [0.2, 0.25) is 0 Å². The minimum atomic E-state index is -3.85. The largest absolute Gasteiger partial charge is 0.496 e. The smallest absolute Gasteiger partial charge is 0.342 e. The number of ether oxygens (including phenoxy) is 2. The maximum Gasteiger partial charge on any atom is 0.342 e. The predicted octanol–water partition coefficient (Wildman–Crippen LogP) is 3.89. The molecule has 0 fully saturated rings. The van der Waals surface area contributed by atoms with Crippen LogP contribution in [-0.2, 0) is 19.6 Å². The van der Waals surface area contributed by atoms with E-state index in [9.17, 15) is 18.0 Å². The van der Waals surface area contributed by atoms with E-state index < -0.39 is 28.5 Å². The first-order chi connectivity index (χ1) is 17.4. The van der Waals surface area contributed by atoms with Gasteiger partial charge in [0, 0.05) is 18.7 Å². The monoisotopic (exact) mass is 509 g/mol. The van der Waals surface area contributed by atoms with E-state index in [0.717, 1.165) is 30.0 Å². The number of carbonyl (C=O) groups excluding carboxylic acids is 2. The first-order valence-corrected chi connectivity index (χ1v) is 13.0. The SMILES string of the molecule is COc1cc2ccccc2cc1C(=O)OCC(=O)Nc1cccc(S(=O)(=O)NC2=NCCCCC2)c1. The van der Waals surface area contributed by atoms with Crippen molar-refractivity contribution in [3.8, 4) is 5.75 Å². The zero-order valence-corrected chi connectivity index (χ0v) is 20.6. The van der Waals surface area contributed by atoms with Gasteiger partial charge in [0.15, 0.2) is 6.61 Å². The number of esters is 1. The van der Waals surface area contributed by atoms with Gasteiger partial charge < -0.3 is 14.8 Å². The molecule has 3 aromatic rings. The van der Waals surface area contributed by atoms with Gasteiger partial charge in [-0.1, -0.05) is 36.8 Å². The van der Waals surface area contributed by atoms with Gasteiger partial charge in [-0.25, -0.2) is 13.2 Å². The minimum Gasteiger partial charge on any atom is -0.496 e. The van der Waals surface area contributed by atoms with E-state index in [0.29, 0.717) is 24.6 Å². The number of rotatable bonds is 7. The van der Waals surface area contributed by atoms with Crippen LogP contribution in [0.4, 0.5) is 5.69 Å². The summed E-state index contributed by atoms with van der Waals surface area (Å²) in [7, 11) is -2.40. The maximum atomic E-state index is 12.8. The van der Waals surface area contributed by atoms with Crippen molar-refractivity contribution < 1.29 is 27.5 Å². The molecule has 1 aliphatic heterocycles. The number of methoxy groups -OCH3 is 1. The molecule has 0 unspecified atom stereocenters. The Morgan fingerprint density at radius 3 is 2.53 bits per heavy atom. The van der Waals surface area contributed by atoms with Crippen LogP contribution in [0.3, 0.4) is 0 Å². The first-order valence-electron chi connectivity index (χ1n) is 11.6. The van der Waals surface area contributed by atoms with Gasteiger partial charge in [-0.05, 0) is 53.9 Å². The van der Waals surface area contributed by atoms with E-state index in [4.69, 9.17) is 9.47 Å². The molecule has 1 heterocycles. The zero-order valence-electron chi connectivity index (χ0n) is 19.8. The Morgan fingerprint density at radius 2 is 1.75 bits per heavy atom. The van der Waals surface area contributed by atoms with Crippen molar-refractivity contribution in [2.75, 3.05) is 25.6 Å². The summed E-state index contributed by atoms with van der Waals surface area (Å²) in [5.74, 6) is -0.544. The predicted molar refractivity (Wildman–Crippen MR) is 137 cm³/mol. The fourth-order valence-corrected chi connectivity index (χ4v) is 5.00. The lowest BCUT2D eigenvalue weighted by Gasteiger charge is -2.12. The van der Waals surface area contributed by atoms with Crippen molar-refractivity contribution in [1.82, 2.24) is 4.72 Å². The number of sulfonamides is 1. The number of nitrogens with one attached hydrogen (secondary N) is 2. The summed E-state index contributed by atoms with van der Waals surface area (Å²) in [6.45, 7) is 0.0403. The van der Waals surface area contributed by atoms with Crippen molar-refractivity contribution >= 4 is 44.2 Å². The number of anilines is 1. The third kappa shape index (κ3) is 6.19. The molecule has 0 aromatic heterocycles. The maximum absolute atomic E-state index is 12.8. The molecule has 0 saturated carbocycles. The van der Waals surface area contributed by atoms with Crippen molar-refractivity contribution in [2.24, 2.45) is 4.99 Å². The van der Waals surface area contributed by atoms with Crippen molar-refractivity contribution in [2.45, 2.75) is 30.6 Å². The highest BCUT2D eigenvalue weighted by Crippen LogP contribution is 2.26. The normalized spacial score (nSPS) is 13.9. The van der Waals surface area contributed by atoms with Crippen LogP contribution in [0.2, 0.25) is 0 Å². The summed E-state index contributed by atoms with van der Waals surface area (Å²) in [6.07, 6.45) is 3.39. The first kappa shape index (κ1) is 25.2. The molecule has 36 heavy (non-hydrogen) atoms. The van der Waals surface area contributed by atoms with Crippen molar-refractivity contribution in [3.63, 3.8) is 0 Å². The second kappa shape index (κ2) is 11.2. The summed E-state index contributed by atoms with van der Waals surface area (Å²) in [5.41, 5.74) is 0.453. The molecule has 9 nitrogen and oxygen atoms in total. The Bertz CT molecular complexity index is 1420. The van der Waals surface area contributed by atoms with Crippen LogP contribution < -0.4 is 14.8 Å². The van der Waals surface area contributed by atoms with Crippen LogP contribution in [0.25, 0.3) is 10.8 Å². The standard InChI is InChI=1S/C26H27N3O6S/c1-34-23-15-19-9-5-4-8-18(19)14-22(23)26(31)35-17-25(30)28-20-10-7-11-21(16-20)36(32,33)29-24-12-3-2-6-13-27-24/h4-5,7-11,14-16H,2-3,6,12-13,17H2,1H3,(H,27,29)(H,28,30). The van der Waals surface area contributed by atoms with Gasteiger partial charge in [0.1, 0.15) is 17.1 Å². The van der Waals surface area contributed by atoms with Crippen molar-refractivity contribution in [1.29, 1.82) is 0 Å². The number of nitrogens with zero attached hydrogens (tertiary/aromatic N) is 1. The number of amides is 1. The van der Waals surface area contributed by atoms with Crippen molar-refractivity contribution in [3.05, 3.63) is 66.2 Å². The van der Waals surface area contributed by atoms with Gasteiger partial charge in [-0.2, -0.15) is 0 Å². The van der Waals surface area contributed by atoms with Gasteiger partial charge in [0.05, 0.1) is 12.0 Å². The van der Waals surface area contributed by atoms with Crippen LogP contribution in [0.1, 0.15) is 36.0 Å². The summed E-state index contributed by atoms with van der Waals surface area (Å²) in [4.78, 5) is 29.4. The number of fused-ring (bicyclic) bond motifs is 1. The average Bonchev–Trinajstić information content (AvgIpc) is 3.14. The molecule has 188 valence electrons. The van der Waals surface area contributed by atoms with Gasteiger partial charge in [-0.15, -0.1) is 0 Å². The minimum absolute atomic E-state index is 0.00913. The number of hydrogen-bond donors (Lipinski definition) is 2. The highest BCUT2D eigenvalue weighted by Gasteiger charge is 2.19. The summed E-state index contributed by atoms with van der Waals surface area (Å²) < 4.78 is 38.6. The Hall–Kier alpha value is -3.92. The molecule has 1 aliphatic rings. The van der Waals surface area contributed by atoms with E-state index in [1.165, 1.54) is 25.3 Å². The number of amidine groups is 1. The fourth-order valence-electron chi connectivity index (χ4n) is 3.87. The lowest BCUT2D eigenvalue weighted by molar-refractivity contribution is -0.119. The average molecular weight is 510 g/mol. The second-order valence-corrected chi connectivity index (χ2v) is 9.98. The third-order valence-electron chi connectivity index (χ3n) is 5.68. The molecule has 0 spiro atoms. The highest BCUT2D eigenvalue weighted by molar-refractivity contribution is 7.90. The summed E-state index contributed by atoms with van der Waals surface area (Å²) >= 11 is 0. The molecule has 2 N–H and O–H groups in total. The van der Waals surface area contributed by atoms with Gasteiger partial charge in [-0.3, -0.25) is 14.5 Å². The van der Waals surface area contributed by atoms with E-state index in [2.05, 4.69) is 15.0 Å². The van der Waals surface area contributed by atoms with Crippen LogP contribution >= 0.6 is 0 Å². The molecule has 0 radical (unpaired) electrons. The molecule has 0 atom stereocenters. The number of aliphatic imine (C=N–C) groups is 1. The Kier molecular flexibility index (Phi) is 7.84. The van der Waals surface area contributed by atoms with E-state index in [1.807, 2.05) is 24.3 Å². The lowest BCUT2D eigenvalue weighted by Crippen LogP contribution is -2.30. The fraction of sp³-hybridized carbons (Fsp3) is 0.269. The second-order valence-electron chi connectivity index (χ2n) is 8.30. The van der Waals surface area contributed by atoms with Crippen LogP contribution in [0.5, 0.6) is 5.75 Å². The molecule has 0 saturated heterocycles. The van der Waals surface area contributed by atoms with Gasteiger partial charge in [0.25, 0.3) is 15.9 Å². The molecule has 3 aromatic carbocycles. The molecular formula is C26H27N3O6S. The van der Waals surface area contributed by atoms with Crippen LogP contribution in [0.15, 0.2) is 70.6 Å². The molecule has 4 rings (SSSR count). The Morgan fingerprint density at radius 1 is 0.972 bits per heavy atom. The Balaban J connectivity index is 1.39. The topological polar surface area (TPSA) is 123 Å². The molecule has 1 amide bonds. The highest BCUT2D eigenvalue weighted by atomic mass is 32.2. The number of hydrogen-bond acceptors (Lipinski definition) is 7. The van der Waals surface area contributed by atoms with E-state index in [1.54, 1.807) is 18.2 Å². The molecule has 10 heteroatoms. The van der Waals surface area contributed by atoms with E-state index in [-0.39, 0.29) is 16.1 Å². The summed E-state index contributed by atoms with van der Waals surface area (Å²) in [6, 6.07) is 16.7. The van der Waals surface area contributed by atoms with Crippen LogP contribution in [-0.4, -0.2) is 46.4 Å². The third-order valence-corrected chi connectivity index (χ3v) is 7.06. The lowest BCUT2D eigenvalue weighted by atomic mass is 10.1. The quantitative estimate of drug-likeness (QED) is 0.466. The molecular weight excluding hydrogens is 482 g/mol. The van der Waals surface area contributed by atoms with Crippen LogP contribution in [0, 0.1) is 0 Å². The summed E-state index contributed by atoms with van der Waals surface area (Å²) in [5, 5.41) is 4.29. The molecule has 0 bridgehead atoms. The number of benzene rings is 3. The number of carbonyl (C=O) groups is 2. The zero-order chi connectivity index (χ0) is 25.5.